The second-order valence-corrected chi connectivity index (χ2v) is 5.51. The Kier molecular flexibility index (Phi) is 6.58. The molecule has 7 heteroatoms. The van der Waals surface area contributed by atoms with Gasteiger partial charge in [0.1, 0.15) is 19.0 Å². The normalized spacial score (nSPS) is 10.3. The van der Waals surface area contributed by atoms with Gasteiger partial charge in [-0.2, -0.15) is 0 Å². The highest BCUT2D eigenvalue weighted by Crippen LogP contribution is 2.29. The molecule has 0 fully saturated rings. The first kappa shape index (κ1) is 18.2. The number of carboxylic acids is 1. The van der Waals surface area contributed by atoms with Crippen molar-refractivity contribution < 1.29 is 24.1 Å². The third-order valence-corrected chi connectivity index (χ3v) is 3.51. The van der Waals surface area contributed by atoms with Gasteiger partial charge in [-0.3, -0.25) is 0 Å². The predicted octanol–water partition coefficient (Wildman–Crippen LogP) is 4.55. The van der Waals surface area contributed by atoms with Gasteiger partial charge in [-0.1, -0.05) is 23.2 Å². The molecule has 0 unspecified atom stereocenters. The molecule has 24 heavy (non-hydrogen) atoms. The molecule has 0 heterocycles. The van der Waals surface area contributed by atoms with Gasteiger partial charge in [-0.15, -0.1) is 0 Å². The summed E-state index contributed by atoms with van der Waals surface area (Å²) in [6.07, 6.45) is 0. The van der Waals surface area contributed by atoms with Crippen LogP contribution in [0.15, 0.2) is 36.4 Å². The van der Waals surface area contributed by atoms with Crippen molar-refractivity contribution in [1.29, 1.82) is 0 Å². The van der Waals surface area contributed by atoms with Gasteiger partial charge in [0.2, 0.25) is 0 Å². The molecule has 1 N–H and O–H groups in total. The fourth-order valence-electron chi connectivity index (χ4n) is 1.92. The van der Waals surface area contributed by atoms with Gasteiger partial charge in [-0.05, 0) is 43.3 Å². The van der Waals surface area contributed by atoms with Crippen LogP contribution in [0.3, 0.4) is 0 Å². The molecular formula is C17H16Cl2O5. The first-order chi connectivity index (χ1) is 11.5. The number of ether oxygens (including phenoxy) is 3. The van der Waals surface area contributed by atoms with Crippen LogP contribution in [-0.2, 0) is 0 Å². The summed E-state index contributed by atoms with van der Waals surface area (Å²) in [4.78, 5) is 11.0. The SMILES string of the molecule is CCOc1cc(C(=O)O)ccc1OCCOc1ccc(Cl)cc1Cl. The lowest BCUT2D eigenvalue weighted by atomic mass is 10.2. The first-order valence-electron chi connectivity index (χ1n) is 7.22. The molecule has 0 amide bonds. The molecule has 0 spiro atoms. The van der Waals surface area contributed by atoms with E-state index in [0.29, 0.717) is 33.9 Å². The summed E-state index contributed by atoms with van der Waals surface area (Å²) in [6, 6.07) is 9.40. The Morgan fingerprint density at radius 2 is 1.62 bits per heavy atom. The zero-order chi connectivity index (χ0) is 17.5. The number of carboxylic acid groups (broad SMARTS) is 1. The smallest absolute Gasteiger partial charge is 0.335 e. The first-order valence-corrected chi connectivity index (χ1v) is 7.97. The summed E-state index contributed by atoms with van der Waals surface area (Å²) in [5.74, 6) is 0.314. The fourth-order valence-corrected chi connectivity index (χ4v) is 2.39. The van der Waals surface area contributed by atoms with Crippen molar-refractivity contribution >= 4 is 29.2 Å². The molecule has 2 rings (SSSR count). The van der Waals surface area contributed by atoms with Gasteiger partial charge >= 0.3 is 5.97 Å². The summed E-state index contributed by atoms with van der Waals surface area (Å²) in [6.45, 7) is 2.71. The molecule has 0 aliphatic carbocycles. The van der Waals surface area contributed by atoms with Crippen LogP contribution in [0.5, 0.6) is 17.2 Å². The Bertz CT molecular complexity index is 718. The van der Waals surface area contributed by atoms with Crippen LogP contribution in [0.4, 0.5) is 0 Å². The van der Waals surface area contributed by atoms with Crippen molar-refractivity contribution in [3.05, 3.63) is 52.0 Å². The van der Waals surface area contributed by atoms with Crippen molar-refractivity contribution in [2.24, 2.45) is 0 Å². The minimum absolute atomic E-state index is 0.134. The third-order valence-electron chi connectivity index (χ3n) is 2.98. The number of aromatic carboxylic acids is 1. The number of halogens is 2. The van der Waals surface area contributed by atoms with E-state index in [4.69, 9.17) is 42.5 Å². The van der Waals surface area contributed by atoms with Gasteiger partial charge in [0.25, 0.3) is 0 Å². The Hall–Kier alpha value is -2.11. The molecule has 0 radical (unpaired) electrons. The van der Waals surface area contributed by atoms with E-state index in [2.05, 4.69) is 0 Å². The standard InChI is InChI=1S/C17H16Cl2O5/c1-2-22-16-9-11(17(20)21)3-5-15(16)24-8-7-23-14-6-4-12(18)10-13(14)19/h3-6,9-10H,2,7-8H2,1H3,(H,20,21). The average molecular weight is 371 g/mol. The van der Waals surface area contributed by atoms with Crippen LogP contribution in [0, 0.1) is 0 Å². The highest BCUT2D eigenvalue weighted by molar-refractivity contribution is 6.35. The van der Waals surface area contributed by atoms with E-state index in [-0.39, 0.29) is 18.8 Å². The van der Waals surface area contributed by atoms with E-state index in [0.717, 1.165) is 0 Å². The van der Waals surface area contributed by atoms with Crippen molar-refractivity contribution in [3.63, 3.8) is 0 Å². The second kappa shape index (κ2) is 8.66. The monoisotopic (exact) mass is 370 g/mol. The molecule has 0 aliphatic heterocycles. The summed E-state index contributed by atoms with van der Waals surface area (Å²) >= 11 is 11.8. The highest BCUT2D eigenvalue weighted by Gasteiger charge is 2.11. The highest BCUT2D eigenvalue weighted by atomic mass is 35.5. The third kappa shape index (κ3) is 4.94. The van der Waals surface area contributed by atoms with Gasteiger partial charge in [0, 0.05) is 5.02 Å². The van der Waals surface area contributed by atoms with Crippen LogP contribution in [-0.4, -0.2) is 30.9 Å². The number of rotatable bonds is 8. The molecule has 0 saturated heterocycles. The molecule has 128 valence electrons. The summed E-state index contributed by atoms with van der Waals surface area (Å²) in [5.41, 5.74) is 0.134. The Balaban J connectivity index is 1.95. The maximum Gasteiger partial charge on any atom is 0.335 e. The predicted molar refractivity (Wildman–Crippen MR) is 92.0 cm³/mol. The summed E-state index contributed by atoms with van der Waals surface area (Å²) in [7, 11) is 0. The van der Waals surface area contributed by atoms with E-state index in [1.807, 2.05) is 6.92 Å². The molecule has 0 aromatic heterocycles. The summed E-state index contributed by atoms with van der Waals surface area (Å²) < 4.78 is 16.5. The van der Waals surface area contributed by atoms with Crippen LogP contribution >= 0.6 is 23.2 Å². The maximum absolute atomic E-state index is 11.0. The number of hydrogen-bond acceptors (Lipinski definition) is 4. The Morgan fingerprint density at radius 3 is 2.25 bits per heavy atom. The Labute approximate surface area is 149 Å². The maximum atomic E-state index is 11.0. The number of benzene rings is 2. The average Bonchev–Trinajstić information content (AvgIpc) is 2.54. The number of carbonyl (C=O) groups is 1. The Morgan fingerprint density at radius 1 is 0.958 bits per heavy atom. The molecule has 2 aromatic carbocycles. The fraction of sp³-hybridized carbons (Fsp3) is 0.235. The molecule has 0 aliphatic rings. The molecule has 0 saturated carbocycles. The van der Waals surface area contributed by atoms with E-state index < -0.39 is 5.97 Å². The minimum Gasteiger partial charge on any atom is -0.490 e. The van der Waals surface area contributed by atoms with Gasteiger partial charge < -0.3 is 19.3 Å². The zero-order valence-electron chi connectivity index (χ0n) is 12.9. The van der Waals surface area contributed by atoms with Crippen molar-refractivity contribution in [2.45, 2.75) is 6.92 Å². The zero-order valence-corrected chi connectivity index (χ0v) is 14.4. The lowest BCUT2D eigenvalue weighted by Crippen LogP contribution is -2.10. The second-order valence-electron chi connectivity index (χ2n) is 4.67. The quantitative estimate of drug-likeness (QED) is 0.690. The minimum atomic E-state index is -1.02. The van der Waals surface area contributed by atoms with Crippen LogP contribution in [0.25, 0.3) is 0 Å². The van der Waals surface area contributed by atoms with E-state index in [1.54, 1.807) is 24.3 Å². The van der Waals surface area contributed by atoms with Crippen LogP contribution < -0.4 is 14.2 Å². The van der Waals surface area contributed by atoms with Crippen molar-refractivity contribution in [3.8, 4) is 17.2 Å². The van der Waals surface area contributed by atoms with Gasteiger partial charge in [0.15, 0.2) is 11.5 Å². The lowest BCUT2D eigenvalue weighted by molar-refractivity contribution is 0.0696. The lowest BCUT2D eigenvalue weighted by Gasteiger charge is -2.13. The summed E-state index contributed by atoms with van der Waals surface area (Å²) in [5, 5.41) is 9.97. The van der Waals surface area contributed by atoms with Gasteiger partial charge in [-0.25, -0.2) is 4.79 Å². The molecule has 5 nitrogen and oxygen atoms in total. The largest absolute Gasteiger partial charge is 0.490 e. The number of hydrogen-bond donors (Lipinski definition) is 1. The van der Waals surface area contributed by atoms with Crippen molar-refractivity contribution in [1.82, 2.24) is 0 Å². The van der Waals surface area contributed by atoms with Crippen LogP contribution in [0.1, 0.15) is 17.3 Å². The molecular weight excluding hydrogens is 355 g/mol. The van der Waals surface area contributed by atoms with E-state index in [9.17, 15) is 4.79 Å². The molecule has 2 aromatic rings. The molecule has 0 bridgehead atoms. The van der Waals surface area contributed by atoms with E-state index >= 15 is 0 Å². The van der Waals surface area contributed by atoms with E-state index in [1.165, 1.54) is 12.1 Å². The molecule has 0 atom stereocenters. The van der Waals surface area contributed by atoms with Gasteiger partial charge in [0.05, 0.1) is 17.2 Å². The van der Waals surface area contributed by atoms with Crippen molar-refractivity contribution in [2.75, 3.05) is 19.8 Å². The topological polar surface area (TPSA) is 65.0 Å². The van der Waals surface area contributed by atoms with Crippen LogP contribution in [0.2, 0.25) is 10.0 Å².